The fraction of sp³-hybridized carbons (Fsp3) is 0.615. The van der Waals surface area contributed by atoms with Crippen molar-refractivity contribution >= 4 is 37.8 Å². The molecule has 21 heavy (non-hydrogen) atoms. The Bertz CT molecular complexity index is 633. The van der Waals surface area contributed by atoms with Crippen LogP contribution < -0.4 is 16.4 Å². The zero-order valence-corrected chi connectivity index (χ0v) is 13.9. The lowest BCUT2D eigenvalue weighted by Gasteiger charge is -2.05. The number of nitrogens with two attached hydrogens (primary N) is 1. The van der Waals surface area contributed by atoms with E-state index in [0.717, 1.165) is 43.3 Å². The maximum atomic E-state index is 12.1. The summed E-state index contributed by atoms with van der Waals surface area (Å²) in [4.78, 5) is 12.5. The second-order valence-corrected chi connectivity index (χ2v) is 8.28. The highest BCUT2D eigenvalue weighted by molar-refractivity contribution is 7.91. The molecule has 0 unspecified atom stereocenters. The lowest BCUT2D eigenvalue weighted by Crippen LogP contribution is -2.25. The number of hydrogen-bond acceptors (Lipinski definition) is 6. The van der Waals surface area contributed by atoms with Gasteiger partial charge in [0, 0.05) is 18.8 Å². The molecule has 1 heterocycles. The fourth-order valence-electron chi connectivity index (χ4n) is 1.94. The highest BCUT2D eigenvalue weighted by Gasteiger charge is 2.30. The van der Waals surface area contributed by atoms with Gasteiger partial charge in [-0.2, -0.15) is 0 Å². The molecule has 0 radical (unpaired) electrons. The first kappa shape index (κ1) is 16.1. The average Bonchev–Trinajstić information content (AvgIpc) is 3.11. The SMILES string of the molecule is CCCCNc1sc(C(=O)NC2CC2)c(N)c1S(C)(=O)=O. The van der Waals surface area contributed by atoms with Gasteiger partial charge in [0.05, 0.1) is 5.69 Å². The van der Waals surface area contributed by atoms with E-state index >= 15 is 0 Å². The third-order valence-electron chi connectivity index (χ3n) is 3.21. The van der Waals surface area contributed by atoms with Crippen molar-refractivity contribution < 1.29 is 13.2 Å². The van der Waals surface area contributed by atoms with E-state index in [1.807, 2.05) is 0 Å². The molecule has 0 spiro atoms. The van der Waals surface area contributed by atoms with Gasteiger partial charge in [-0.15, -0.1) is 11.3 Å². The summed E-state index contributed by atoms with van der Waals surface area (Å²) in [5.41, 5.74) is 5.98. The van der Waals surface area contributed by atoms with Crippen molar-refractivity contribution in [3.8, 4) is 0 Å². The Balaban J connectivity index is 2.31. The summed E-state index contributed by atoms with van der Waals surface area (Å²) in [6, 6.07) is 0.206. The molecule has 0 atom stereocenters. The average molecular weight is 331 g/mol. The number of nitrogen functional groups attached to an aromatic ring is 1. The summed E-state index contributed by atoms with van der Waals surface area (Å²) < 4.78 is 23.9. The molecule has 1 saturated carbocycles. The van der Waals surface area contributed by atoms with Crippen molar-refractivity contribution in [3.05, 3.63) is 4.88 Å². The first-order valence-electron chi connectivity index (χ1n) is 7.01. The fourth-order valence-corrected chi connectivity index (χ4v) is 4.44. The number of unbranched alkanes of at least 4 members (excludes halogenated alkanes) is 1. The van der Waals surface area contributed by atoms with E-state index in [0.29, 0.717) is 11.5 Å². The normalized spacial score (nSPS) is 15.0. The molecule has 1 aliphatic carbocycles. The zero-order chi connectivity index (χ0) is 15.6. The highest BCUT2D eigenvalue weighted by Crippen LogP contribution is 2.39. The van der Waals surface area contributed by atoms with E-state index in [1.165, 1.54) is 0 Å². The maximum Gasteiger partial charge on any atom is 0.263 e. The Morgan fingerprint density at radius 1 is 1.43 bits per heavy atom. The van der Waals surface area contributed by atoms with Crippen LogP contribution in [0.2, 0.25) is 0 Å². The summed E-state index contributed by atoms with van der Waals surface area (Å²) in [5, 5.41) is 6.39. The molecule has 118 valence electrons. The van der Waals surface area contributed by atoms with Crippen LogP contribution in [0.25, 0.3) is 0 Å². The standard InChI is InChI=1S/C13H21N3O3S2/c1-3-4-7-15-13-11(21(2,18)19)9(14)10(20-13)12(17)16-8-5-6-8/h8,15H,3-7,14H2,1-2H3,(H,16,17). The molecule has 1 aromatic rings. The second kappa shape index (κ2) is 6.23. The highest BCUT2D eigenvalue weighted by atomic mass is 32.2. The van der Waals surface area contributed by atoms with E-state index < -0.39 is 9.84 Å². The van der Waals surface area contributed by atoms with Gasteiger partial charge in [0.25, 0.3) is 5.91 Å². The molecule has 8 heteroatoms. The minimum absolute atomic E-state index is 0.0459. The molecule has 2 rings (SSSR count). The number of amides is 1. The second-order valence-electron chi connectivity index (χ2n) is 5.30. The van der Waals surface area contributed by atoms with E-state index in [-0.39, 0.29) is 27.4 Å². The molecule has 0 aromatic carbocycles. The van der Waals surface area contributed by atoms with Gasteiger partial charge in [0.2, 0.25) is 0 Å². The topological polar surface area (TPSA) is 101 Å². The largest absolute Gasteiger partial charge is 0.396 e. The number of rotatable bonds is 7. The lowest BCUT2D eigenvalue weighted by atomic mass is 10.3. The first-order valence-corrected chi connectivity index (χ1v) is 9.72. The van der Waals surface area contributed by atoms with Crippen molar-refractivity contribution in [2.24, 2.45) is 0 Å². The number of anilines is 2. The van der Waals surface area contributed by atoms with Crippen LogP contribution in [-0.4, -0.2) is 33.2 Å². The summed E-state index contributed by atoms with van der Waals surface area (Å²) >= 11 is 1.11. The van der Waals surface area contributed by atoms with Crippen LogP contribution in [0.15, 0.2) is 4.90 Å². The predicted octanol–water partition coefficient (Wildman–Crippen LogP) is 1.84. The van der Waals surface area contributed by atoms with Gasteiger partial charge in [0.15, 0.2) is 9.84 Å². The summed E-state index contributed by atoms with van der Waals surface area (Å²) in [6.45, 7) is 2.71. The van der Waals surface area contributed by atoms with Gasteiger partial charge >= 0.3 is 0 Å². The van der Waals surface area contributed by atoms with Gasteiger partial charge in [-0.3, -0.25) is 4.79 Å². The van der Waals surface area contributed by atoms with E-state index in [2.05, 4.69) is 17.6 Å². The molecule has 0 aliphatic heterocycles. The summed E-state index contributed by atoms with van der Waals surface area (Å²) in [5.74, 6) is -0.284. The van der Waals surface area contributed by atoms with Crippen LogP contribution in [0.1, 0.15) is 42.3 Å². The molecule has 0 saturated heterocycles. The number of nitrogens with one attached hydrogen (secondary N) is 2. The molecular weight excluding hydrogens is 310 g/mol. The van der Waals surface area contributed by atoms with Crippen LogP contribution in [0.4, 0.5) is 10.7 Å². The molecule has 1 aromatic heterocycles. The monoisotopic (exact) mass is 331 g/mol. The predicted molar refractivity (Wildman–Crippen MR) is 85.7 cm³/mol. The molecule has 1 fully saturated rings. The smallest absolute Gasteiger partial charge is 0.263 e. The van der Waals surface area contributed by atoms with Crippen LogP contribution >= 0.6 is 11.3 Å². The van der Waals surface area contributed by atoms with Crippen LogP contribution in [0.5, 0.6) is 0 Å². The van der Waals surface area contributed by atoms with Crippen LogP contribution in [0, 0.1) is 0 Å². The zero-order valence-electron chi connectivity index (χ0n) is 12.2. The van der Waals surface area contributed by atoms with Gasteiger partial charge in [-0.1, -0.05) is 13.3 Å². The Morgan fingerprint density at radius 2 is 2.10 bits per heavy atom. The maximum absolute atomic E-state index is 12.1. The van der Waals surface area contributed by atoms with Gasteiger partial charge < -0.3 is 16.4 Å². The van der Waals surface area contributed by atoms with E-state index in [1.54, 1.807) is 0 Å². The van der Waals surface area contributed by atoms with Crippen molar-refractivity contribution in [3.63, 3.8) is 0 Å². The first-order chi connectivity index (χ1) is 9.84. The number of carbonyl (C=O) groups excluding carboxylic acids is 1. The minimum atomic E-state index is -3.48. The third kappa shape index (κ3) is 3.88. The van der Waals surface area contributed by atoms with E-state index in [4.69, 9.17) is 5.73 Å². The summed E-state index contributed by atoms with van der Waals surface area (Å²) in [6.07, 6.45) is 4.97. The Morgan fingerprint density at radius 3 is 2.62 bits per heavy atom. The van der Waals surface area contributed by atoms with Crippen molar-refractivity contribution in [1.29, 1.82) is 0 Å². The number of thiophene rings is 1. The number of sulfone groups is 1. The van der Waals surface area contributed by atoms with Crippen LogP contribution in [0.3, 0.4) is 0 Å². The Kier molecular flexibility index (Phi) is 4.77. The Labute approximate surface area is 129 Å². The molecule has 1 aliphatic rings. The van der Waals surface area contributed by atoms with Crippen molar-refractivity contribution in [2.45, 2.75) is 43.5 Å². The third-order valence-corrected chi connectivity index (χ3v) is 5.66. The molecule has 1 amide bonds. The molecular formula is C13H21N3O3S2. The Hall–Kier alpha value is -1.28. The van der Waals surface area contributed by atoms with Crippen molar-refractivity contribution in [1.82, 2.24) is 5.32 Å². The van der Waals surface area contributed by atoms with Gasteiger partial charge in [-0.05, 0) is 19.3 Å². The van der Waals surface area contributed by atoms with Crippen LogP contribution in [-0.2, 0) is 9.84 Å². The number of carbonyl (C=O) groups is 1. The van der Waals surface area contributed by atoms with E-state index in [9.17, 15) is 13.2 Å². The number of hydrogen-bond donors (Lipinski definition) is 3. The van der Waals surface area contributed by atoms with Gasteiger partial charge in [-0.25, -0.2) is 8.42 Å². The summed E-state index contributed by atoms with van der Waals surface area (Å²) in [7, 11) is -3.48. The van der Waals surface area contributed by atoms with Gasteiger partial charge in [0.1, 0.15) is 14.8 Å². The molecule has 4 N–H and O–H groups in total. The quantitative estimate of drug-likeness (QED) is 0.662. The lowest BCUT2D eigenvalue weighted by molar-refractivity contribution is 0.0956. The molecule has 0 bridgehead atoms. The molecule has 6 nitrogen and oxygen atoms in total. The van der Waals surface area contributed by atoms with Crippen molar-refractivity contribution in [2.75, 3.05) is 23.9 Å². The minimum Gasteiger partial charge on any atom is -0.396 e.